The molecule has 4 rings (SSSR count). The van der Waals surface area contributed by atoms with Gasteiger partial charge in [0.25, 0.3) is 0 Å². The maximum Gasteiger partial charge on any atom is 0.219 e. The molecule has 2 bridgehead atoms. The lowest BCUT2D eigenvalue weighted by Crippen LogP contribution is -2.58. The molecule has 1 aromatic rings. The van der Waals surface area contributed by atoms with E-state index in [1.54, 1.807) is 7.11 Å². The predicted octanol–water partition coefficient (Wildman–Crippen LogP) is 4.89. The summed E-state index contributed by atoms with van der Waals surface area (Å²) in [4.78, 5) is 12.4. The second kappa shape index (κ2) is 8.07. The molecule has 1 aliphatic heterocycles. The van der Waals surface area contributed by atoms with Gasteiger partial charge in [-0.25, -0.2) is 0 Å². The third kappa shape index (κ3) is 3.21. The van der Waals surface area contributed by atoms with Gasteiger partial charge in [0.2, 0.25) is 5.91 Å². The summed E-state index contributed by atoms with van der Waals surface area (Å²) >= 11 is 0. The molecule has 0 aromatic heterocycles. The molecular weight excluding hydrogens is 378 g/mol. The number of methoxy groups -OCH3 is 1. The van der Waals surface area contributed by atoms with E-state index in [1.807, 2.05) is 19.1 Å². The Bertz CT molecular complexity index is 791. The van der Waals surface area contributed by atoms with E-state index < -0.39 is 0 Å². The number of hydrogen-bond acceptors (Lipinski definition) is 4. The molecule has 2 aliphatic carbocycles. The largest absolute Gasteiger partial charge is 0.493 e. The van der Waals surface area contributed by atoms with Crippen LogP contribution in [0.25, 0.3) is 0 Å². The number of carbonyl (C=O) groups is 1. The Morgan fingerprint density at radius 2 is 2.10 bits per heavy atom. The summed E-state index contributed by atoms with van der Waals surface area (Å²) < 4.78 is 18.2. The van der Waals surface area contributed by atoms with E-state index in [2.05, 4.69) is 32.2 Å². The Balaban J connectivity index is 1.72. The second-order valence-corrected chi connectivity index (χ2v) is 9.92. The zero-order chi connectivity index (χ0) is 21.5. The molecule has 3 aliphatic rings. The lowest BCUT2D eigenvalue weighted by atomic mass is 9.58. The fraction of sp³-hybridized carbons (Fsp3) is 0.720. The molecule has 166 valence electrons. The maximum absolute atomic E-state index is 12.4. The fourth-order valence-corrected chi connectivity index (χ4v) is 6.63. The molecule has 0 unspecified atom stereocenters. The van der Waals surface area contributed by atoms with Crippen LogP contribution in [0, 0.1) is 22.7 Å². The molecule has 1 amide bonds. The summed E-state index contributed by atoms with van der Waals surface area (Å²) in [5.74, 6) is 2.72. The minimum absolute atomic E-state index is 0.0252. The minimum atomic E-state index is -0.0252. The lowest BCUT2D eigenvalue weighted by Gasteiger charge is -2.53. The number of fused-ring (bicyclic) bond motifs is 1. The Morgan fingerprint density at radius 1 is 1.30 bits per heavy atom. The van der Waals surface area contributed by atoms with Crippen LogP contribution in [0.3, 0.4) is 0 Å². The quantitative estimate of drug-likeness (QED) is 0.689. The van der Waals surface area contributed by atoms with E-state index in [9.17, 15) is 4.79 Å². The molecule has 1 aromatic carbocycles. The molecule has 1 saturated heterocycles. The van der Waals surface area contributed by atoms with Crippen LogP contribution in [0.2, 0.25) is 0 Å². The summed E-state index contributed by atoms with van der Waals surface area (Å²) in [5, 5.41) is 3.43. The average Bonchev–Trinajstić information content (AvgIpc) is 3.24. The normalized spacial score (nSPS) is 33.8. The van der Waals surface area contributed by atoms with Crippen molar-refractivity contribution < 1.29 is 19.0 Å². The van der Waals surface area contributed by atoms with Gasteiger partial charge in [-0.15, -0.1) is 0 Å². The monoisotopic (exact) mass is 415 g/mol. The van der Waals surface area contributed by atoms with E-state index in [4.69, 9.17) is 14.2 Å². The minimum Gasteiger partial charge on any atom is -0.493 e. The summed E-state index contributed by atoms with van der Waals surface area (Å²) in [6.45, 7) is 10.1. The Labute approximate surface area is 180 Å². The van der Waals surface area contributed by atoms with Crippen molar-refractivity contribution in [1.82, 2.24) is 5.32 Å². The lowest BCUT2D eigenvalue weighted by molar-refractivity contribution is -0.137. The summed E-state index contributed by atoms with van der Waals surface area (Å²) in [6.07, 6.45) is 4.77. The standard InChI is InChI=1S/C25H37NO4/c1-6-12-29-22-17(9-8-10-19(22)28-5)21-18-14-16-15-25(18,11-13-30-21)23(24(16,3)4)26-20(27)7-2/h8-10,16,18,21,23H,6-7,11-15H2,1-5H3,(H,26,27)/t16-,18-,21-,23+,25-/m1/s1. The molecule has 5 nitrogen and oxygen atoms in total. The summed E-state index contributed by atoms with van der Waals surface area (Å²) in [5.41, 5.74) is 1.30. The molecule has 5 atom stereocenters. The van der Waals surface area contributed by atoms with Crippen molar-refractivity contribution in [2.45, 2.75) is 71.9 Å². The Morgan fingerprint density at radius 3 is 2.80 bits per heavy atom. The first kappa shape index (κ1) is 21.5. The smallest absolute Gasteiger partial charge is 0.219 e. The number of nitrogens with one attached hydrogen (secondary N) is 1. The summed E-state index contributed by atoms with van der Waals surface area (Å²) in [6, 6.07) is 6.32. The number of para-hydroxylation sites is 1. The first-order valence-electron chi connectivity index (χ1n) is 11.6. The van der Waals surface area contributed by atoms with Gasteiger partial charge >= 0.3 is 0 Å². The molecule has 2 saturated carbocycles. The van der Waals surface area contributed by atoms with Crippen LogP contribution < -0.4 is 14.8 Å². The van der Waals surface area contributed by atoms with Crippen LogP contribution in [0.5, 0.6) is 11.5 Å². The first-order chi connectivity index (χ1) is 14.4. The van der Waals surface area contributed by atoms with E-state index in [0.717, 1.165) is 36.3 Å². The van der Waals surface area contributed by atoms with E-state index >= 15 is 0 Å². The van der Waals surface area contributed by atoms with Gasteiger partial charge in [0, 0.05) is 24.6 Å². The molecule has 1 heterocycles. The van der Waals surface area contributed by atoms with Gasteiger partial charge in [-0.2, -0.15) is 0 Å². The number of amides is 1. The van der Waals surface area contributed by atoms with Crippen LogP contribution in [0.4, 0.5) is 0 Å². The van der Waals surface area contributed by atoms with Crippen molar-refractivity contribution in [2.24, 2.45) is 22.7 Å². The van der Waals surface area contributed by atoms with Gasteiger partial charge in [-0.05, 0) is 54.4 Å². The van der Waals surface area contributed by atoms with Crippen LogP contribution in [0.1, 0.15) is 71.5 Å². The van der Waals surface area contributed by atoms with Crippen molar-refractivity contribution in [3.8, 4) is 11.5 Å². The van der Waals surface area contributed by atoms with Gasteiger partial charge in [0.15, 0.2) is 11.5 Å². The molecule has 1 spiro atoms. The van der Waals surface area contributed by atoms with Gasteiger partial charge in [-0.3, -0.25) is 4.79 Å². The Hall–Kier alpha value is -1.75. The van der Waals surface area contributed by atoms with Gasteiger partial charge in [0.05, 0.1) is 19.8 Å². The second-order valence-electron chi connectivity index (χ2n) is 9.92. The Kier molecular flexibility index (Phi) is 5.78. The van der Waals surface area contributed by atoms with E-state index in [1.165, 1.54) is 6.42 Å². The van der Waals surface area contributed by atoms with E-state index in [0.29, 0.717) is 31.5 Å². The highest BCUT2D eigenvalue weighted by Crippen LogP contribution is 2.71. The molecule has 3 fully saturated rings. The van der Waals surface area contributed by atoms with Crippen LogP contribution in [0.15, 0.2) is 18.2 Å². The van der Waals surface area contributed by atoms with Gasteiger partial charge in [-0.1, -0.05) is 39.8 Å². The van der Waals surface area contributed by atoms with Crippen LogP contribution in [-0.4, -0.2) is 32.3 Å². The van der Waals surface area contributed by atoms with Crippen molar-refractivity contribution in [1.29, 1.82) is 0 Å². The number of ether oxygens (including phenoxy) is 3. The highest BCUT2D eigenvalue weighted by atomic mass is 16.5. The molecular formula is C25H37NO4. The average molecular weight is 416 g/mol. The van der Waals surface area contributed by atoms with Crippen molar-refractivity contribution in [3.63, 3.8) is 0 Å². The molecule has 1 N–H and O–H groups in total. The predicted molar refractivity (Wildman–Crippen MR) is 117 cm³/mol. The molecule has 30 heavy (non-hydrogen) atoms. The summed E-state index contributed by atoms with van der Waals surface area (Å²) in [7, 11) is 1.69. The number of carbonyl (C=O) groups excluding carboxylic acids is 1. The third-order valence-corrected chi connectivity index (χ3v) is 8.12. The molecule has 0 radical (unpaired) electrons. The zero-order valence-electron chi connectivity index (χ0n) is 19.1. The van der Waals surface area contributed by atoms with E-state index in [-0.39, 0.29) is 28.9 Å². The topological polar surface area (TPSA) is 56.8 Å². The van der Waals surface area contributed by atoms with Crippen LogP contribution >= 0.6 is 0 Å². The SMILES string of the molecule is CCCOc1c(OC)cccc1[C@H]1OCC[C@@]23C[C@@H](C[C@H]12)C(C)(C)[C@@H]3NC(=O)CC. The number of benzene rings is 1. The number of rotatable bonds is 7. The van der Waals surface area contributed by atoms with Crippen molar-refractivity contribution in [2.75, 3.05) is 20.3 Å². The van der Waals surface area contributed by atoms with Crippen LogP contribution in [-0.2, 0) is 9.53 Å². The number of hydrogen-bond donors (Lipinski definition) is 1. The van der Waals surface area contributed by atoms with Gasteiger partial charge < -0.3 is 19.5 Å². The van der Waals surface area contributed by atoms with Crippen molar-refractivity contribution >= 4 is 5.91 Å². The third-order valence-electron chi connectivity index (χ3n) is 8.12. The van der Waals surface area contributed by atoms with Gasteiger partial charge in [0.1, 0.15) is 0 Å². The molecule has 5 heteroatoms. The first-order valence-corrected chi connectivity index (χ1v) is 11.6. The fourth-order valence-electron chi connectivity index (χ4n) is 6.63. The highest BCUT2D eigenvalue weighted by molar-refractivity contribution is 5.76. The van der Waals surface area contributed by atoms with Crippen molar-refractivity contribution in [3.05, 3.63) is 23.8 Å². The maximum atomic E-state index is 12.4. The highest BCUT2D eigenvalue weighted by Gasteiger charge is 2.68. The zero-order valence-corrected chi connectivity index (χ0v) is 19.1.